The molecule has 0 saturated carbocycles. The Hall–Kier alpha value is -1.75. The predicted molar refractivity (Wildman–Crippen MR) is 82.7 cm³/mol. The highest BCUT2D eigenvalue weighted by Gasteiger charge is 2.28. The van der Waals surface area contributed by atoms with Gasteiger partial charge in [-0.05, 0) is 37.0 Å². The normalized spacial score (nSPS) is 18.9. The van der Waals surface area contributed by atoms with Gasteiger partial charge in [0, 0.05) is 17.7 Å². The Kier molecular flexibility index (Phi) is 4.52. The maximum absolute atomic E-state index is 12.8. The highest BCUT2D eigenvalue weighted by molar-refractivity contribution is 6.12. The van der Waals surface area contributed by atoms with Crippen molar-refractivity contribution in [3.8, 4) is 0 Å². The summed E-state index contributed by atoms with van der Waals surface area (Å²) in [7, 11) is 0. The molecule has 4 heteroatoms. The van der Waals surface area contributed by atoms with Crippen LogP contribution in [0.3, 0.4) is 0 Å². The van der Waals surface area contributed by atoms with Crippen LogP contribution in [0.5, 0.6) is 0 Å². The lowest BCUT2D eigenvalue weighted by molar-refractivity contribution is -0.0122. The van der Waals surface area contributed by atoms with Gasteiger partial charge < -0.3 is 14.6 Å². The first-order chi connectivity index (χ1) is 10.7. The number of ether oxygens (including phenoxy) is 2. The van der Waals surface area contributed by atoms with Crippen molar-refractivity contribution in [2.75, 3.05) is 19.8 Å². The van der Waals surface area contributed by atoms with Crippen LogP contribution in [0.25, 0.3) is 0 Å². The molecule has 0 bridgehead atoms. The smallest absolute Gasteiger partial charge is 0.193 e. The highest BCUT2D eigenvalue weighted by Crippen LogP contribution is 2.32. The van der Waals surface area contributed by atoms with Gasteiger partial charge in [-0.25, -0.2) is 0 Å². The molecule has 1 N–H and O–H groups in total. The second-order valence-electron chi connectivity index (χ2n) is 5.62. The summed E-state index contributed by atoms with van der Waals surface area (Å²) in [5.74, 6) is 0.00884. The summed E-state index contributed by atoms with van der Waals surface area (Å²) in [5.41, 5.74) is 4.32. The molecule has 0 radical (unpaired) electrons. The second-order valence-corrected chi connectivity index (χ2v) is 5.62. The maximum atomic E-state index is 12.8. The van der Waals surface area contributed by atoms with E-state index in [9.17, 15) is 4.79 Å². The van der Waals surface area contributed by atoms with Gasteiger partial charge in [-0.1, -0.05) is 29.8 Å². The standard InChI is InChI=1S/C18H20O4/c1-12-10-14(18-21-8-9-22-18)11-16(12)17(20)15-5-3-2-4-13(15)6-7-19/h2-5,11,18-19H,6-10H2,1H3. The molecule has 2 aliphatic rings. The van der Waals surface area contributed by atoms with E-state index in [-0.39, 0.29) is 18.7 Å². The number of hydrogen-bond donors (Lipinski definition) is 1. The van der Waals surface area contributed by atoms with Gasteiger partial charge in [0.15, 0.2) is 12.1 Å². The van der Waals surface area contributed by atoms with Gasteiger partial charge >= 0.3 is 0 Å². The maximum Gasteiger partial charge on any atom is 0.193 e. The van der Waals surface area contributed by atoms with Crippen molar-refractivity contribution in [2.24, 2.45) is 0 Å². The summed E-state index contributed by atoms with van der Waals surface area (Å²) in [6.07, 6.45) is 2.80. The number of carbonyl (C=O) groups is 1. The summed E-state index contributed by atoms with van der Waals surface area (Å²) in [6.45, 7) is 3.21. The lowest BCUT2D eigenvalue weighted by Crippen LogP contribution is -2.10. The Morgan fingerprint density at radius 1 is 1.27 bits per heavy atom. The van der Waals surface area contributed by atoms with Crippen molar-refractivity contribution in [3.63, 3.8) is 0 Å². The fourth-order valence-corrected chi connectivity index (χ4v) is 2.97. The van der Waals surface area contributed by atoms with Crippen LogP contribution >= 0.6 is 0 Å². The van der Waals surface area contributed by atoms with Crippen LogP contribution in [0.15, 0.2) is 47.1 Å². The monoisotopic (exact) mass is 300 g/mol. The molecule has 1 aliphatic carbocycles. The third-order valence-corrected chi connectivity index (χ3v) is 4.07. The van der Waals surface area contributed by atoms with E-state index >= 15 is 0 Å². The van der Waals surface area contributed by atoms with Crippen molar-refractivity contribution >= 4 is 5.78 Å². The number of benzene rings is 1. The number of Topliss-reactive ketones (excluding diaryl/α,β-unsaturated/α-hetero) is 1. The van der Waals surface area contributed by atoms with Crippen LogP contribution in [0.4, 0.5) is 0 Å². The van der Waals surface area contributed by atoms with Crippen LogP contribution in [-0.2, 0) is 15.9 Å². The molecule has 0 atom stereocenters. The topological polar surface area (TPSA) is 55.8 Å². The van der Waals surface area contributed by atoms with Crippen LogP contribution < -0.4 is 0 Å². The molecule has 1 aromatic rings. The summed E-state index contributed by atoms with van der Waals surface area (Å²) >= 11 is 0. The van der Waals surface area contributed by atoms with E-state index in [1.54, 1.807) is 0 Å². The zero-order valence-electron chi connectivity index (χ0n) is 12.7. The average Bonchev–Trinajstić information content (AvgIpc) is 3.17. The number of aliphatic hydroxyl groups is 1. The molecular formula is C18H20O4. The molecule has 4 nitrogen and oxygen atoms in total. The van der Waals surface area contributed by atoms with Gasteiger partial charge in [-0.15, -0.1) is 0 Å². The third kappa shape index (κ3) is 2.90. The number of allylic oxidation sites excluding steroid dienone is 3. The van der Waals surface area contributed by atoms with Gasteiger partial charge in [0.1, 0.15) is 0 Å². The van der Waals surface area contributed by atoms with E-state index < -0.39 is 0 Å². The molecule has 1 aliphatic heterocycles. The number of carbonyl (C=O) groups excluding carboxylic acids is 1. The molecule has 22 heavy (non-hydrogen) atoms. The number of rotatable bonds is 5. The van der Waals surface area contributed by atoms with Crippen molar-refractivity contribution in [1.29, 1.82) is 0 Å². The Balaban J connectivity index is 1.87. The molecule has 3 rings (SSSR count). The van der Waals surface area contributed by atoms with Gasteiger partial charge in [0.2, 0.25) is 0 Å². The number of hydrogen-bond acceptors (Lipinski definition) is 4. The number of ketones is 1. The van der Waals surface area contributed by atoms with Crippen LogP contribution in [-0.4, -0.2) is 37.0 Å². The highest BCUT2D eigenvalue weighted by atomic mass is 16.7. The first-order valence-electron chi connectivity index (χ1n) is 7.57. The van der Waals surface area contributed by atoms with Gasteiger partial charge in [-0.2, -0.15) is 0 Å². The van der Waals surface area contributed by atoms with Gasteiger partial charge in [0.25, 0.3) is 0 Å². The van der Waals surface area contributed by atoms with E-state index in [1.807, 2.05) is 37.3 Å². The first-order valence-corrected chi connectivity index (χ1v) is 7.57. The molecule has 116 valence electrons. The molecular weight excluding hydrogens is 280 g/mol. The molecule has 0 aromatic heterocycles. The van der Waals surface area contributed by atoms with E-state index in [0.717, 1.165) is 22.3 Å². The Bertz CT molecular complexity index is 636. The fraction of sp³-hybridized carbons (Fsp3) is 0.389. The first kappa shape index (κ1) is 15.2. The van der Waals surface area contributed by atoms with Crippen molar-refractivity contribution in [3.05, 3.63) is 58.2 Å². The van der Waals surface area contributed by atoms with E-state index in [1.165, 1.54) is 0 Å². The zero-order valence-corrected chi connectivity index (χ0v) is 12.7. The Morgan fingerprint density at radius 2 is 2.00 bits per heavy atom. The van der Waals surface area contributed by atoms with Crippen molar-refractivity contribution < 1.29 is 19.4 Å². The molecule has 0 spiro atoms. The largest absolute Gasteiger partial charge is 0.396 e. The Morgan fingerprint density at radius 3 is 2.73 bits per heavy atom. The van der Waals surface area contributed by atoms with E-state index in [0.29, 0.717) is 31.6 Å². The van der Waals surface area contributed by atoms with Gasteiger partial charge in [-0.3, -0.25) is 4.79 Å². The van der Waals surface area contributed by atoms with Crippen LogP contribution in [0.2, 0.25) is 0 Å². The molecule has 0 amide bonds. The Labute approximate surface area is 130 Å². The van der Waals surface area contributed by atoms with Crippen molar-refractivity contribution in [2.45, 2.75) is 26.1 Å². The molecule has 1 heterocycles. The lowest BCUT2D eigenvalue weighted by Gasteiger charge is -2.09. The lowest BCUT2D eigenvalue weighted by atomic mass is 9.95. The summed E-state index contributed by atoms with van der Waals surface area (Å²) < 4.78 is 11.0. The minimum absolute atomic E-state index is 0.00884. The quantitative estimate of drug-likeness (QED) is 0.849. The minimum atomic E-state index is -0.312. The fourth-order valence-electron chi connectivity index (χ4n) is 2.97. The average molecular weight is 300 g/mol. The number of aliphatic hydroxyl groups excluding tert-OH is 1. The molecule has 1 saturated heterocycles. The van der Waals surface area contributed by atoms with E-state index in [4.69, 9.17) is 14.6 Å². The molecule has 1 aromatic carbocycles. The predicted octanol–water partition coefficient (Wildman–Crippen LogP) is 2.42. The van der Waals surface area contributed by atoms with Gasteiger partial charge in [0.05, 0.1) is 13.2 Å². The van der Waals surface area contributed by atoms with E-state index in [2.05, 4.69) is 0 Å². The minimum Gasteiger partial charge on any atom is -0.396 e. The molecule has 0 unspecified atom stereocenters. The second kappa shape index (κ2) is 6.57. The third-order valence-electron chi connectivity index (χ3n) is 4.07. The summed E-state index contributed by atoms with van der Waals surface area (Å²) in [5, 5.41) is 9.16. The summed E-state index contributed by atoms with van der Waals surface area (Å²) in [4.78, 5) is 12.8. The van der Waals surface area contributed by atoms with Crippen LogP contribution in [0, 0.1) is 0 Å². The van der Waals surface area contributed by atoms with Crippen LogP contribution in [0.1, 0.15) is 29.3 Å². The SMILES string of the molecule is CC1=C(C(=O)c2ccccc2CCO)C=C(C2OCCO2)C1. The van der Waals surface area contributed by atoms with Crippen molar-refractivity contribution in [1.82, 2.24) is 0 Å². The zero-order chi connectivity index (χ0) is 15.5. The summed E-state index contributed by atoms with van der Waals surface area (Å²) in [6, 6.07) is 7.45. The molecule has 1 fully saturated rings.